The van der Waals surface area contributed by atoms with Crippen LogP contribution in [0.25, 0.3) is 0 Å². The first-order valence-electron chi connectivity index (χ1n) is 21.7. The van der Waals surface area contributed by atoms with E-state index in [2.05, 4.69) is 43.5 Å². The van der Waals surface area contributed by atoms with Crippen LogP contribution in [0, 0.1) is 0 Å². The molecule has 7 unspecified atom stereocenters. The van der Waals surface area contributed by atoms with Gasteiger partial charge in [0, 0.05) is 6.42 Å². The zero-order valence-electron chi connectivity index (χ0n) is 33.8. The molecule has 0 aromatic heterocycles. The summed E-state index contributed by atoms with van der Waals surface area (Å²) in [4.78, 5) is 12.9. The van der Waals surface area contributed by atoms with Gasteiger partial charge < -0.3 is 40.3 Å². The Labute approximate surface area is 323 Å². The minimum Gasteiger partial charge on any atom is -0.394 e. The smallest absolute Gasteiger partial charge is 0.220 e. The van der Waals surface area contributed by atoms with Crippen LogP contribution in [0.1, 0.15) is 181 Å². The van der Waals surface area contributed by atoms with Crippen LogP contribution in [0.3, 0.4) is 0 Å². The third kappa shape index (κ3) is 26.0. The molecular formula is C44H81NO8. The van der Waals surface area contributed by atoms with Gasteiger partial charge in [-0.05, 0) is 44.9 Å². The molecule has 0 aliphatic carbocycles. The van der Waals surface area contributed by atoms with E-state index in [9.17, 15) is 30.3 Å². The largest absolute Gasteiger partial charge is 0.394 e. The molecular weight excluding hydrogens is 670 g/mol. The van der Waals surface area contributed by atoms with Gasteiger partial charge in [-0.25, -0.2) is 0 Å². The lowest BCUT2D eigenvalue weighted by Gasteiger charge is -2.40. The molecule has 7 atom stereocenters. The van der Waals surface area contributed by atoms with E-state index < -0.39 is 49.5 Å². The Morgan fingerprint density at radius 1 is 0.623 bits per heavy atom. The molecule has 6 N–H and O–H groups in total. The van der Waals surface area contributed by atoms with Crippen molar-refractivity contribution < 1.29 is 39.8 Å². The fraction of sp³-hybridized carbons (Fsp3) is 0.841. The molecule has 1 aliphatic heterocycles. The van der Waals surface area contributed by atoms with Gasteiger partial charge in [-0.2, -0.15) is 0 Å². The first-order valence-corrected chi connectivity index (χ1v) is 21.7. The quantitative estimate of drug-likeness (QED) is 0.0279. The predicted octanol–water partition coefficient (Wildman–Crippen LogP) is 8.50. The van der Waals surface area contributed by atoms with Gasteiger partial charge in [0.2, 0.25) is 5.91 Å². The average molecular weight is 752 g/mol. The van der Waals surface area contributed by atoms with Crippen LogP contribution >= 0.6 is 0 Å². The lowest BCUT2D eigenvalue weighted by molar-refractivity contribution is -0.302. The van der Waals surface area contributed by atoms with Crippen molar-refractivity contribution >= 4 is 5.91 Å². The van der Waals surface area contributed by atoms with Gasteiger partial charge in [0.1, 0.15) is 24.4 Å². The molecule has 310 valence electrons. The Kier molecular flexibility index (Phi) is 32.5. The van der Waals surface area contributed by atoms with Crippen molar-refractivity contribution in [1.82, 2.24) is 5.32 Å². The lowest BCUT2D eigenvalue weighted by Crippen LogP contribution is -2.60. The van der Waals surface area contributed by atoms with Crippen LogP contribution < -0.4 is 5.32 Å². The number of nitrogens with one attached hydrogen (secondary N) is 1. The summed E-state index contributed by atoms with van der Waals surface area (Å²) in [5.41, 5.74) is 0. The first-order chi connectivity index (χ1) is 25.8. The van der Waals surface area contributed by atoms with Gasteiger partial charge in [-0.15, -0.1) is 0 Å². The predicted molar refractivity (Wildman–Crippen MR) is 216 cm³/mol. The summed E-state index contributed by atoms with van der Waals surface area (Å²) in [7, 11) is 0. The highest BCUT2D eigenvalue weighted by Crippen LogP contribution is 2.22. The molecule has 1 amide bonds. The Morgan fingerprint density at radius 3 is 1.58 bits per heavy atom. The monoisotopic (exact) mass is 752 g/mol. The Hall–Kier alpha value is -1.59. The maximum Gasteiger partial charge on any atom is 0.220 e. The number of amides is 1. The van der Waals surface area contributed by atoms with E-state index in [4.69, 9.17) is 9.47 Å². The summed E-state index contributed by atoms with van der Waals surface area (Å²) in [6.45, 7) is 3.72. The molecule has 1 rings (SSSR count). The summed E-state index contributed by atoms with van der Waals surface area (Å²) in [6, 6.07) is -0.823. The van der Waals surface area contributed by atoms with E-state index in [1.165, 1.54) is 109 Å². The number of hydrogen-bond acceptors (Lipinski definition) is 8. The van der Waals surface area contributed by atoms with Crippen molar-refractivity contribution in [2.45, 2.75) is 224 Å². The van der Waals surface area contributed by atoms with Crippen molar-refractivity contribution in [3.05, 3.63) is 36.5 Å². The fourth-order valence-electron chi connectivity index (χ4n) is 6.66. The van der Waals surface area contributed by atoms with Crippen molar-refractivity contribution in [2.75, 3.05) is 13.2 Å². The number of carbonyl (C=O) groups excluding carboxylic acids is 1. The molecule has 0 radical (unpaired) electrons. The van der Waals surface area contributed by atoms with Crippen molar-refractivity contribution in [1.29, 1.82) is 0 Å². The highest BCUT2D eigenvalue weighted by Gasteiger charge is 2.44. The normalized spacial score (nSPS) is 22.0. The molecule has 9 nitrogen and oxygen atoms in total. The third-order valence-corrected chi connectivity index (χ3v) is 10.2. The van der Waals surface area contributed by atoms with Gasteiger partial charge in [0.05, 0.1) is 25.4 Å². The van der Waals surface area contributed by atoms with E-state index in [1.54, 1.807) is 6.08 Å². The van der Waals surface area contributed by atoms with Gasteiger partial charge in [-0.3, -0.25) is 4.79 Å². The average Bonchev–Trinajstić information content (AvgIpc) is 3.16. The molecule has 0 aromatic rings. The lowest BCUT2D eigenvalue weighted by atomic mass is 9.99. The van der Waals surface area contributed by atoms with Gasteiger partial charge in [-0.1, -0.05) is 166 Å². The molecule has 0 bridgehead atoms. The number of hydrogen-bond donors (Lipinski definition) is 6. The van der Waals surface area contributed by atoms with Crippen LogP contribution in [0.15, 0.2) is 36.5 Å². The molecule has 9 heteroatoms. The molecule has 53 heavy (non-hydrogen) atoms. The fourth-order valence-corrected chi connectivity index (χ4v) is 6.66. The maximum atomic E-state index is 12.9. The van der Waals surface area contributed by atoms with Gasteiger partial charge in [0.25, 0.3) is 0 Å². The zero-order chi connectivity index (χ0) is 38.8. The van der Waals surface area contributed by atoms with Crippen LogP contribution in [0.4, 0.5) is 0 Å². The number of ether oxygens (including phenoxy) is 2. The Morgan fingerprint density at radius 2 is 1.08 bits per heavy atom. The summed E-state index contributed by atoms with van der Waals surface area (Å²) >= 11 is 0. The van der Waals surface area contributed by atoms with E-state index >= 15 is 0 Å². The highest BCUT2D eigenvalue weighted by molar-refractivity contribution is 5.76. The van der Waals surface area contributed by atoms with Crippen LogP contribution in [-0.2, 0) is 14.3 Å². The first kappa shape index (κ1) is 49.4. The number of unbranched alkanes of at least 4 members (excludes halogenated alkanes) is 21. The topological polar surface area (TPSA) is 149 Å². The molecule has 1 saturated heterocycles. The van der Waals surface area contributed by atoms with E-state index in [0.717, 1.165) is 51.4 Å². The number of carbonyl (C=O) groups is 1. The minimum absolute atomic E-state index is 0.192. The third-order valence-electron chi connectivity index (χ3n) is 10.2. The molecule has 1 aliphatic rings. The standard InChI is InChI=1S/C44H81NO8/c1-3-5-7-9-11-13-15-17-19-21-23-25-27-29-31-33-38(47)37(36-52-44-43(51)42(50)41(49)39(35-46)53-44)45-40(48)34-32-30-28-26-24-22-20-18-16-14-12-10-8-6-4-2/h15,17,23,25,31,33,37-39,41-44,46-47,49-51H,3-14,16,18-22,24,26-30,32,34-36H2,1-2H3,(H,45,48)/b17-15+,25-23+,33-31+. The number of aliphatic hydroxyl groups excluding tert-OH is 5. The second kappa shape index (κ2) is 34.9. The zero-order valence-corrected chi connectivity index (χ0v) is 33.8. The molecule has 0 spiro atoms. The van der Waals surface area contributed by atoms with Crippen molar-refractivity contribution in [2.24, 2.45) is 0 Å². The molecule has 1 heterocycles. The number of rotatable bonds is 35. The van der Waals surface area contributed by atoms with Crippen molar-refractivity contribution in [3.63, 3.8) is 0 Å². The molecule has 0 aromatic carbocycles. The summed E-state index contributed by atoms with van der Waals surface area (Å²) in [5, 5.41) is 54.0. The van der Waals surface area contributed by atoms with E-state index in [1.807, 2.05) is 6.08 Å². The second-order valence-electron chi connectivity index (χ2n) is 15.1. The van der Waals surface area contributed by atoms with Crippen LogP contribution in [0.5, 0.6) is 0 Å². The second-order valence-corrected chi connectivity index (χ2v) is 15.1. The summed E-state index contributed by atoms with van der Waals surface area (Å²) in [5.74, 6) is -0.192. The number of aliphatic hydroxyl groups is 5. The summed E-state index contributed by atoms with van der Waals surface area (Å²) < 4.78 is 11.2. The highest BCUT2D eigenvalue weighted by atomic mass is 16.7. The van der Waals surface area contributed by atoms with E-state index in [0.29, 0.717) is 6.42 Å². The Balaban J connectivity index is 2.43. The van der Waals surface area contributed by atoms with E-state index in [-0.39, 0.29) is 12.5 Å². The maximum absolute atomic E-state index is 12.9. The molecule has 0 saturated carbocycles. The van der Waals surface area contributed by atoms with Gasteiger partial charge >= 0.3 is 0 Å². The molecule has 1 fully saturated rings. The Bertz CT molecular complexity index is 925. The number of allylic oxidation sites excluding steroid dienone is 5. The van der Waals surface area contributed by atoms with Gasteiger partial charge in [0.15, 0.2) is 6.29 Å². The van der Waals surface area contributed by atoms with Crippen LogP contribution in [0.2, 0.25) is 0 Å². The summed E-state index contributed by atoms with van der Waals surface area (Å²) in [6.07, 6.45) is 34.7. The minimum atomic E-state index is -1.57. The van der Waals surface area contributed by atoms with Crippen LogP contribution in [-0.4, -0.2) is 87.5 Å². The SMILES string of the molecule is CCCCCCC/C=C/CC/C=C/CC/C=C/C(O)C(COC1OC(CO)C(O)C(O)C1O)NC(=O)CCCCCCCCCCCCCCCCC. The van der Waals surface area contributed by atoms with Crippen molar-refractivity contribution in [3.8, 4) is 0 Å².